The van der Waals surface area contributed by atoms with Crippen LogP contribution in [-0.2, 0) is 14.3 Å². The highest BCUT2D eigenvalue weighted by Crippen LogP contribution is 2.20. The lowest BCUT2D eigenvalue weighted by molar-refractivity contribution is -0.149. The zero-order chi connectivity index (χ0) is 15.2. The van der Waals surface area contributed by atoms with Gasteiger partial charge >= 0.3 is 5.97 Å². The average molecular weight is 298 g/mol. The summed E-state index contributed by atoms with van der Waals surface area (Å²) < 4.78 is 10.9. The van der Waals surface area contributed by atoms with E-state index in [4.69, 9.17) is 9.47 Å². The van der Waals surface area contributed by atoms with Crippen LogP contribution in [0.4, 0.5) is 0 Å². The average Bonchev–Trinajstić information content (AvgIpc) is 2.47. The molecule has 0 aromatic carbocycles. The molecule has 2 atom stereocenters. The van der Waals surface area contributed by atoms with Gasteiger partial charge in [0.05, 0.1) is 19.8 Å². The molecule has 2 aliphatic rings. The van der Waals surface area contributed by atoms with E-state index in [0.29, 0.717) is 5.92 Å². The van der Waals surface area contributed by atoms with Gasteiger partial charge in [-0.25, -0.2) is 0 Å². The van der Waals surface area contributed by atoms with Crippen molar-refractivity contribution in [1.82, 2.24) is 9.80 Å². The molecule has 5 nitrogen and oxygen atoms in total. The second kappa shape index (κ2) is 8.11. The Morgan fingerprint density at radius 1 is 1.33 bits per heavy atom. The maximum atomic E-state index is 11.9. The Bertz CT molecular complexity index is 335. The van der Waals surface area contributed by atoms with Crippen LogP contribution in [0, 0.1) is 5.92 Å². The van der Waals surface area contributed by atoms with Gasteiger partial charge in [-0.1, -0.05) is 20.3 Å². The van der Waals surface area contributed by atoms with Gasteiger partial charge in [0.1, 0.15) is 6.04 Å². The van der Waals surface area contributed by atoms with Crippen LogP contribution in [0.15, 0.2) is 0 Å². The molecule has 2 unspecified atom stereocenters. The summed E-state index contributed by atoms with van der Waals surface area (Å²) in [5.41, 5.74) is 0. The molecule has 0 aliphatic carbocycles. The number of morpholine rings is 1. The Labute approximate surface area is 128 Å². The number of piperidine rings is 1. The summed E-state index contributed by atoms with van der Waals surface area (Å²) in [6.45, 7) is 10.2. The van der Waals surface area contributed by atoms with Crippen molar-refractivity contribution in [2.24, 2.45) is 5.92 Å². The molecule has 2 aliphatic heterocycles. The lowest BCUT2D eigenvalue weighted by atomic mass is 10.0. The van der Waals surface area contributed by atoms with E-state index in [-0.39, 0.29) is 18.1 Å². The van der Waals surface area contributed by atoms with Crippen molar-refractivity contribution in [2.45, 2.75) is 45.3 Å². The summed E-state index contributed by atoms with van der Waals surface area (Å²) in [6.07, 6.45) is 3.40. The second-order valence-corrected chi connectivity index (χ2v) is 6.68. The van der Waals surface area contributed by atoms with Crippen LogP contribution in [-0.4, -0.2) is 74.4 Å². The van der Waals surface area contributed by atoms with E-state index in [0.717, 1.165) is 58.6 Å². The SMILES string of the molecule is COC(=O)C1CCCCN1CC1CN(CC(C)C)CCO1. The Kier molecular flexibility index (Phi) is 6.45. The van der Waals surface area contributed by atoms with Gasteiger partial charge in [0.25, 0.3) is 0 Å². The molecule has 0 amide bonds. The van der Waals surface area contributed by atoms with E-state index in [1.165, 1.54) is 7.11 Å². The van der Waals surface area contributed by atoms with Gasteiger partial charge in [0.15, 0.2) is 0 Å². The van der Waals surface area contributed by atoms with E-state index in [9.17, 15) is 4.79 Å². The fourth-order valence-corrected chi connectivity index (χ4v) is 3.45. The highest BCUT2D eigenvalue weighted by atomic mass is 16.5. The van der Waals surface area contributed by atoms with Gasteiger partial charge < -0.3 is 9.47 Å². The van der Waals surface area contributed by atoms with Crippen molar-refractivity contribution < 1.29 is 14.3 Å². The smallest absolute Gasteiger partial charge is 0.323 e. The van der Waals surface area contributed by atoms with Gasteiger partial charge in [-0.3, -0.25) is 14.6 Å². The lowest BCUT2D eigenvalue weighted by Gasteiger charge is -2.39. The highest BCUT2D eigenvalue weighted by Gasteiger charge is 2.32. The molecule has 0 N–H and O–H groups in total. The molecule has 0 bridgehead atoms. The quantitative estimate of drug-likeness (QED) is 0.717. The Balaban J connectivity index is 1.87. The van der Waals surface area contributed by atoms with E-state index in [2.05, 4.69) is 23.6 Å². The van der Waals surface area contributed by atoms with Crippen molar-refractivity contribution in [2.75, 3.05) is 46.4 Å². The first-order chi connectivity index (χ1) is 10.1. The Hall–Kier alpha value is -0.650. The van der Waals surface area contributed by atoms with Crippen molar-refractivity contribution in [1.29, 1.82) is 0 Å². The topological polar surface area (TPSA) is 42.0 Å². The number of hydrogen-bond acceptors (Lipinski definition) is 5. The van der Waals surface area contributed by atoms with Crippen molar-refractivity contribution in [3.8, 4) is 0 Å². The number of carbonyl (C=O) groups excluding carboxylic acids is 1. The number of esters is 1. The minimum absolute atomic E-state index is 0.0761. The maximum Gasteiger partial charge on any atom is 0.323 e. The standard InChI is InChI=1S/C16H30N2O3/c1-13(2)10-17-8-9-21-14(11-17)12-18-7-5-4-6-15(18)16(19)20-3/h13-15H,4-12H2,1-3H3. The number of ether oxygens (including phenoxy) is 2. The third-order valence-corrected chi connectivity index (χ3v) is 4.37. The number of carbonyl (C=O) groups is 1. The fraction of sp³-hybridized carbons (Fsp3) is 0.938. The van der Waals surface area contributed by atoms with Gasteiger partial charge in [0, 0.05) is 26.2 Å². The van der Waals surface area contributed by atoms with Crippen molar-refractivity contribution >= 4 is 5.97 Å². The first-order valence-electron chi connectivity index (χ1n) is 8.26. The lowest BCUT2D eigenvalue weighted by Crippen LogP contribution is -2.53. The maximum absolute atomic E-state index is 11.9. The molecule has 2 rings (SSSR count). The van der Waals surface area contributed by atoms with Crippen LogP contribution in [0.5, 0.6) is 0 Å². The zero-order valence-electron chi connectivity index (χ0n) is 13.7. The molecule has 0 spiro atoms. The molecule has 5 heteroatoms. The monoisotopic (exact) mass is 298 g/mol. The number of nitrogens with zero attached hydrogens (tertiary/aromatic N) is 2. The summed E-state index contributed by atoms with van der Waals surface area (Å²) in [5, 5.41) is 0. The third-order valence-electron chi connectivity index (χ3n) is 4.37. The summed E-state index contributed by atoms with van der Waals surface area (Å²) >= 11 is 0. The zero-order valence-corrected chi connectivity index (χ0v) is 13.7. The van der Waals surface area contributed by atoms with E-state index < -0.39 is 0 Å². The molecule has 0 radical (unpaired) electrons. The van der Waals surface area contributed by atoms with E-state index in [1.54, 1.807) is 0 Å². The molecule has 0 aromatic rings. The molecular weight excluding hydrogens is 268 g/mol. The molecule has 0 saturated carbocycles. The largest absolute Gasteiger partial charge is 0.468 e. The summed E-state index contributed by atoms with van der Waals surface area (Å²) in [6, 6.07) is -0.0761. The number of hydrogen-bond donors (Lipinski definition) is 0. The van der Waals surface area contributed by atoms with E-state index in [1.807, 2.05) is 0 Å². The van der Waals surface area contributed by atoms with Crippen LogP contribution < -0.4 is 0 Å². The highest BCUT2D eigenvalue weighted by molar-refractivity contribution is 5.75. The predicted octanol–water partition coefficient (Wildman–Crippen LogP) is 1.37. The van der Waals surface area contributed by atoms with Gasteiger partial charge in [-0.15, -0.1) is 0 Å². The summed E-state index contributed by atoms with van der Waals surface area (Å²) in [7, 11) is 1.48. The Morgan fingerprint density at radius 2 is 2.14 bits per heavy atom. The molecular formula is C16H30N2O3. The van der Waals surface area contributed by atoms with Crippen molar-refractivity contribution in [3.05, 3.63) is 0 Å². The van der Waals surface area contributed by atoms with Crippen molar-refractivity contribution in [3.63, 3.8) is 0 Å². The first kappa shape index (κ1) is 16.7. The molecule has 2 saturated heterocycles. The normalized spacial score (nSPS) is 28.8. The van der Waals surface area contributed by atoms with Crippen LogP contribution >= 0.6 is 0 Å². The number of methoxy groups -OCH3 is 1. The first-order valence-corrected chi connectivity index (χ1v) is 8.26. The van der Waals surface area contributed by atoms with Crippen LogP contribution in [0.25, 0.3) is 0 Å². The minimum atomic E-state index is -0.0930. The second-order valence-electron chi connectivity index (χ2n) is 6.68. The molecule has 21 heavy (non-hydrogen) atoms. The molecule has 122 valence electrons. The van der Waals surface area contributed by atoms with Gasteiger partial charge in [-0.05, 0) is 25.3 Å². The number of likely N-dealkylation sites (tertiary alicyclic amines) is 1. The molecule has 2 heterocycles. The van der Waals surface area contributed by atoms with Crippen LogP contribution in [0.3, 0.4) is 0 Å². The van der Waals surface area contributed by atoms with Gasteiger partial charge in [-0.2, -0.15) is 0 Å². The van der Waals surface area contributed by atoms with Gasteiger partial charge in [0.2, 0.25) is 0 Å². The van der Waals surface area contributed by atoms with E-state index >= 15 is 0 Å². The molecule has 2 fully saturated rings. The van der Waals surface area contributed by atoms with Crippen LogP contribution in [0.2, 0.25) is 0 Å². The Morgan fingerprint density at radius 3 is 2.86 bits per heavy atom. The third kappa shape index (κ3) is 4.94. The summed E-state index contributed by atoms with van der Waals surface area (Å²) in [5.74, 6) is 0.589. The molecule has 0 aromatic heterocycles. The fourth-order valence-electron chi connectivity index (χ4n) is 3.45. The van der Waals surface area contributed by atoms with Crippen LogP contribution in [0.1, 0.15) is 33.1 Å². The predicted molar refractivity (Wildman–Crippen MR) is 82.2 cm³/mol. The minimum Gasteiger partial charge on any atom is -0.468 e. The number of rotatable bonds is 5. The summed E-state index contributed by atoms with van der Waals surface area (Å²) in [4.78, 5) is 16.7.